The quantitative estimate of drug-likeness (QED) is 0.409. The second-order valence-corrected chi connectivity index (χ2v) is 7.48. The number of hydrogen-bond acceptors (Lipinski definition) is 3. The van der Waals surface area contributed by atoms with Crippen molar-refractivity contribution in [3.8, 4) is 11.5 Å². The lowest BCUT2D eigenvalue weighted by Crippen LogP contribution is -2.13. The molecule has 3 aromatic rings. The maximum Gasteiger partial charge on any atom is 0.255 e. The molecule has 0 aromatic heterocycles. The van der Waals surface area contributed by atoms with Crippen molar-refractivity contribution in [2.45, 2.75) is 6.92 Å². The van der Waals surface area contributed by atoms with Crippen molar-refractivity contribution in [1.82, 2.24) is 0 Å². The second-order valence-electron chi connectivity index (χ2n) is 6.23. The van der Waals surface area contributed by atoms with Crippen LogP contribution in [-0.4, -0.2) is 19.1 Å². The Morgan fingerprint density at radius 2 is 1.31 bits per heavy atom. The number of carbonyl (C=O) groups excluding carboxylic acids is 1. The number of benzene rings is 3. The van der Waals surface area contributed by atoms with Gasteiger partial charge in [0.25, 0.3) is 5.91 Å². The zero-order valence-electron chi connectivity index (χ0n) is 15.5. The molecule has 0 fully saturated rings. The average molecular weight is 451 g/mol. The topological polar surface area (TPSA) is 47.6 Å². The number of anilines is 1. The highest BCUT2D eigenvalue weighted by Crippen LogP contribution is 2.34. The fourth-order valence-electron chi connectivity index (χ4n) is 2.50. The van der Waals surface area contributed by atoms with E-state index in [0.29, 0.717) is 35.2 Å². The van der Waals surface area contributed by atoms with Crippen molar-refractivity contribution in [3.05, 3.63) is 86.9 Å². The number of hydrogen-bond donors (Lipinski definition) is 1. The Morgan fingerprint density at radius 3 is 1.83 bits per heavy atom. The Bertz CT molecular complexity index is 966. The Kier molecular flexibility index (Phi) is 7.26. The van der Waals surface area contributed by atoms with Crippen LogP contribution in [0.4, 0.5) is 5.69 Å². The van der Waals surface area contributed by atoms with Gasteiger partial charge >= 0.3 is 0 Å². The summed E-state index contributed by atoms with van der Waals surface area (Å²) in [5.41, 5.74) is 1.94. The molecule has 150 valence electrons. The summed E-state index contributed by atoms with van der Waals surface area (Å²) in [5, 5.41) is 3.62. The first-order valence-corrected chi connectivity index (χ1v) is 9.94. The van der Waals surface area contributed by atoms with Gasteiger partial charge in [-0.25, -0.2) is 0 Å². The van der Waals surface area contributed by atoms with Gasteiger partial charge in [-0.2, -0.15) is 0 Å². The van der Waals surface area contributed by atoms with Gasteiger partial charge in [-0.1, -0.05) is 52.5 Å². The predicted molar refractivity (Wildman–Crippen MR) is 118 cm³/mol. The number of halogens is 3. The molecule has 0 heterocycles. The first-order valence-electron chi connectivity index (χ1n) is 8.80. The molecule has 0 aliphatic heterocycles. The summed E-state index contributed by atoms with van der Waals surface area (Å²) in [5.74, 6) is 1.09. The largest absolute Gasteiger partial charge is 0.490 e. The van der Waals surface area contributed by atoms with Crippen LogP contribution in [0, 0.1) is 6.92 Å². The third-order valence-corrected chi connectivity index (χ3v) is 4.82. The lowest BCUT2D eigenvalue weighted by atomic mass is 10.2. The number of nitrogens with one attached hydrogen (secondary N) is 1. The van der Waals surface area contributed by atoms with Crippen molar-refractivity contribution >= 4 is 46.4 Å². The van der Waals surface area contributed by atoms with E-state index in [9.17, 15) is 4.79 Å². The van der Waals surface area contributed by atoms with Crippen molar-refractivity contribution in [2.75, 3.05) is 18.5 Å². The van der Waals surface area contributed by atoms with Crippen LogP contribution < -0.4 is 14.8 Å². The van der Waals surface area contributed by atoms with Crippen molar-refractivity contribution in [3.63, 3.8) is 0 Å². The fraction of sp³-hybridized carbons (Fsp3) is 0.136. The van der Waals surface area contributed by atoms with Crippen molar-refractivity contribution in [1.29, 1.82) is 0 Å². The Balaban J connectivity index is 1.51. The number of ether oxygens (including phenoxy) is 2. The van der Waals surface area contributed by atoms with Crippen LogP contribution in [0.1, 0.15) is 15.9 Å². The van der Waals surface area contributed by atoms with Crippen LogP contribution in [0.2, 0.25) is 15.1 Å². The highest BCUT2D eigenvalue weighted by Gasteiger charge is 2.13. The number of carbonyl (C=O) groups is 1. The summed E-state index contributed by atoms with van der Waals surface area (Å²) in [6.45, 7) is 2.82. The molecule has 29 heavy (non-hydrogen) atoms. The molecule has 0 saturated heterocycles. The second kappa shape index (κ2) is 9.88. The van der Waals surface area contributed by atoms with E-state index < -0.39 is 0 Å². The summed E-state index contributed by atoms with van der Waals surface area (Å²) in [4.78, 5) is 12.4. The molecule has 7 heteroatoms. The first-order chi connectivity index (χ1) is 13.9. The van der Waals surface area contributed by atoms with Gasteiger partial charge in [0.1, 0.15) is 24.7 Å². The molecule has 3 aromatic carbocycles. The molecule has 1 N–H and O–H groups in total. The number of aryl methyl sites for hydroxylation is 1. The van der Waals surface area contributed by atoms with Crippen LogP contribution in [0.3, 0.4) is 0 Å². The smallest absolute Gasteiger partial charge is 0.255 e. The van der Waals surface area contributed by atoms with E-state index in [-0.39, 0.29) is 16.0 Å². The molecule has 0 atom stereocenters. The molecular formula is C22H18Cl3NO3. The number of rotatable bonds is 7. The van der Waals surface area contributed by atoms with Gasteiger partial charge in [-0.3, -0.25) is 4.79 Å². The van der Waals surface area contributed by atoms with E-state index >= 15 is 0 Å². The van der Waals surface area contributed by atoms with Gasteiger partial charge in [-0.05, 0) is 55.5 Å². The molecule has 0 radical (unpaired) electrons. The molecule has 0 aliphatic carbocycles. The minimum Gasteiger partial charge on any atom is -0.490 e. The molecule has 3 rings (SSSR count). The monoisotopic (exact) mass is 449 g/mol. The fourth-order valence-corrected chi connectivity index (χ4v) is 3.41. The van der Waals surface area contributed by atoms with Crippen LogP contribution in [0.5, 0.6) is 11.5 Å². The van der Waals surface area contributed by atoms with Gasteiger partial charge in [0.15, 0.2) is 0 Å². The van der Waals surface area contributed by atoms with Crippen LogP contribution in [0.25, 0.3) is 0 Å². The Labute approximate surface area is 184 Å². The van der Waals surface area contributed by atoms with E-state index in [4.69, 9.17) is 44.3 Å². The third-order valence-electron chi connectivity index (χ3n) is 4.00. The van der Waals surface area contributed by atoms with E-state index in [2.05, 4.69) is 5.32 Å². The first kappa shape index (κ1) is 21.3. The van der Waals surface area contributed by atoms with E-state index in [1.807, 2.05) is 31.2 Å². The highest BCUT2D eigenvalue weighted by atomic mass is 35.5. The van der Waals surface area contributed by atoms with E-state index in [1.54, 1.807) is 24.3 Å². The molecule has 0 saturated carbocycles. The molecule has 1 amide bonds. The Morgan fingerprint density at radius 1 is 0.828 bits per heavy atom. The van der Waals surface area contributed by atoms with Crippen LogP contribution >= 0.6 is 34.8 Å². The summed E-state index contributed by atoms with van der Waals surface area (Å²) in [6, 6.07) is 17.6. The van der Waals surface area contributed by atoms with Crippen LogP contribution in [0.15, 0.2) is 60.7 Å². The van der Waals surface area contributed by atoms with Gasteiger partial charge in [0.05, 0.1) is 15.7 Å². The SMILES string of the molecule is Cc1ccc(OCCOc2ccc(C(=O)Nc3c(Cl)cc(Cl)cc3Cl)cc2)cc1. The molecular weight excluding hydrogens is 433 g/mol. The summed E-state index contributed by atoms with van der Waals surface area (Å²) < 4.78 is 11.3. The molecule has 0 unspecified atom stereocenters. The minimum absolute atomic E-state index is 0.268. The maximum atomic E-state index is 12.4. The highest BCUT2D eigenvalue weighted by molar-refractivity contribution is 6.42. The van der Waals surface area contributed by atoms with Gasteiger partial charge < -0.3 is 14.8 Å². The maximum absolute atomic E-state index is 12.4. The van der Waals surface area contributed by atoms with Crippen molar-refractivity contribution in [2.24, 2.45) is 0 Å². The van der Waals surface area contributed by atoms with Crippen LogP contribution in [-0.2, 0) is 0 Å². The lowest BCUT2D eigenvalue weighted by Gasteiger charge is -2.11. The van der Waals surface area contributed by atoms with Crippen molar-refractivity contribution < 1.29 is 14.3 Å². The van der Waals surface area contributed by atoms with E-state index in [0.717, 1.165) is 5.75 Å². The zero-order valence-corrected chi connectivity index (χ0v) is 17.8. The van der Waals surface area contributed by atoms with Gasteiger partial charge in [0, 0.05) is 10.6 Å². The normalized spacial score (nSPS) is 10.5. The van der Waals surface area contributed by atoms with Gasteiger partial charge in [-0.15, -0.1) is 0 Å². The van der Waals surface area contributed by atoms with Gasteiger partial charge in [0.2, 0.25) is 0 Å². The standard InChI is InChI=1S/C22H18Cl3NO3/c1-14-2-6-17(7-3-14)28-10-11-29-18-8-4-15(5-9-18)22(27)26-21-19(24)12-16(23)13-20(21)25/h2-9,12-13H,10-11H2,1H3,(H,26,27). The zero-order chi connectivity index (χ0) is 20.8. The predicted octanol–water partition coefficient (Wildman–Crippen LogP) is 6.67. The average Bonchev–Trinajstić information content (AvgIpc) is 2.69. The molecule has 0 bridgehead atoms. The summed E-state index contributed by atoms with van der Waals surface area (Å²) >= 11 is 18.1. The lowest BCUT2D eigenvalue weighted by molar-refractivity contribution is 0.102. The van der Waals surface area contributed by atoms with E-state index in [1.165, 1.54) is 17.7 Å². The molecule has 4 nitrogen and oxygen atoms in total. The Hall–Kier alpha value is -2.40. The summed E-state index contributed by atoms with van der Waals surface area (Å²) in [7, 11) is 0. The minimum atomic E-state index is -0.342. The summed E-state index contributed by atoms with van der Waals surface area (Å²) in [6.07, 6.45) is 0. The third kappa shape index (κ3) is 6.04. The number of amides is 1. The molecule has 0 spiro atoms. The molecule has 0 aliphatic rings.